The fourth-order valence-corrected chi connectivity index (χ4v) is 5.57. The first-order chi connectivity index (χ1) is 19.7. The van der Waals surface area contributed by atoms with Crippen molar-refractivity contribution in [2.75, 3.05) is 37.0 Å². The molecule has 1 saturated heterocycles. The van der Waals surface area contributed by atoms with Crippen LogP contribution in [0.2, 0.25) is 0 Å². The quantitative estimate of drug-likeness (QED) is 0.316. The van der Waals surface area contributed by atoms with E-state index >= 15 is 0 Å². The molecule has 3 atom stereocenters. The van der Waals surface area contributed by atoms with Crippen molar-refractivity contribution in [3.8, 4) is 0 Å². The van der Waals surface area contributed by atoms with Crippen LogP contribution in [-0.2, 0) is 16.0 Å². The predicted molar refractivity (Wildman–Crippen MR) is 162 cm³/mol. The van der Waals surface area contributed by atoms with Crippen LogP contribution >= 0.6 is 0 Å². The van der Waals surface area contributed by atoms with Gasteiger partial charge in [0.2, 0.25) is 11.8 Å². The minimum absolute atomic E-state index is 0.0531. The molecule has 0 unspecified atom stereocenters. The predicted octanol–water partition coefficient (Wildman–Crippen LogP) is 3.01. The molecule has 1 aliphatic heterocycles. The summed E-state index contributed by atoms with van der Waals surface area (Å²) in [6.07, 6.45) is 6.29. The highest BCUT2D eigenvalue weighted by atomic mass is 16.3. The average molecular weight is 564 g/mol. The molecule has 9 nitrogen and oxygen atoms in total. The van der Waals surface area contributed by atoms with Crippen LogP contribution in [0.3, 0.4) is 0 Å². The van der Waals surface area contributed by atoms with Crippen LogP contribution in [-0.4, -0.2) is 74.2 Å². The van der Waals surface area contributed by atoms with Crippen molar-refractivity contribution in [3.63, 3.8) is 0 Å². The standard InChI is InChI=1S/C32H45N5O4/c1-22(31(40)34-25-13-8-5-9-14-25)33-21-29(38)28(17-23-11-6-4-7-12-23)35-32(41)24-18-26(36(2)3)20-27(19-24)37-16-10-15-30(37)39/h4,6-7,11-12,18-20,22,25,28-29,33,38H,5,8-10,13-17,21H2,1-3H3,(H,34,40)(H,35,41)/t22-,28-,29-/m0/s1. The van der Waals surface area contributed by atoms with Gasteiger partial charge in [-0.2, -0.15) is 0 Å². The third kappa shape index (κ3) is 8.53. The average Bonchev–Trinajstić information content (AvgIpc) is 3.41. The highest BCUT2D eigenvalue weighted by molar-refractivity contribution is 6.00. The highest BCUT2D eigenvalue weighted by Crippen LogP contribution is 2.28. The smallest absolute Gasteiger partial charge is 0.251 e. The third-order valence-corrected chi connectivity index (χ3v) is 8.12. The maximum Gasteiger partial charge on any atom is 0.251 e. The Morgan fingerprint density at radius 2 is 1.78 bits per heavy atom. The second-order valence-electron chi connectivity index (χ2n) is 11.6. The number of anilines is 2. The first kappa shape index (κ1) is 30.5. The molecular formula is C32H45N5O4. The minimum Gasteiger partial charge on any atom is -0.390 e. The van der Waals surface area contributed by atoms with Crippen molar-refractivity contribution < 1.29 is 19.5 Å². The Hall–Kier alpha value is -3.43. The normalized spacial score (nSPS) is 18.0. The van der Waals surface area contributed by atoms with Crippen molar-refractivity contribution in [2.45, 2.75) is 82.5 Å². The third-order valence-electron chi connectivity index (χ3n) is 8.12. The zero-order valence-electron chi connectivity index (χ0n) is 24.6. The molecule has 2 aliphatic rings. The van der Waals surface area contributed by atoms with Gasteiger partial charge in [-0.3, -0.25) is 14.4 Å². The second kappa shape index (κ2) is 14.5. The first-order valence-corrected chi connectivity index (χ1v) is 14.9. The van der Waals surface area contributed by atoms with Gasteiger partial charge < -0.3 is 30.9 Å². The van der Waals surface area contributed by atoms with Crippen LogP contribution in [0.15, 0.2) is 48.5 Å². The van der Waals surface area contributed by atoms with Crippen molar-refractivity contribution >= 4 is 29.1 Å². The SMILES string of the molecule is C[C@H](NC[C@H](O)[C@H](Cc1ccccc1)NC(=O)c1cc(N(C)C)cc(N2CCCC2=O)c1)C(=O)NC1CCCCC1. The maximum atomic E-state index is 13.6. The summed E-state index contributed by atoms with van der Waals surface area (Å²) in [6.45, 7) is 2.57. The van der Waals surface area contributed by atoms with Gasteiger partial charge in [-0.25, -0.2) is 0 Å². The van der Waals surface area contributed by atoms with Crippen LogP contribution < -0.4 is 25.8 Å². The van der Waals surface area contributed by atoms with Crippen molar-refractivity contribution in [1.29, 1.82) is 0 Å². The summed E-state index contributed by atoms with van der Waals surface area (Å²) in [4.78, 5) is 42.4. The Morgan fingerprint density at radius 3 is 2.44 bits per heavy atom. The molecule has 3 amide bonds. The molecule has 0 bridgehead atoms. The summed E-state index contributed by atoms with van der Waals surface area (Å²) in [6, 6.07) is 14.3. The van der Waals surface area contributed by atoms with Gasteiger partial charge >= 0.3 is 0 Å². The number of aliphatic hydroxyl groups excluding tert-OH is 1. The lowest BCUT2D eigenvalue weighted by Gasteiger charge is -2.28. The Labute approximate surface area is 243 Å². The molecule has 0 aromatic heterocycles. The Balaban J connectivity index is 1.46. The van der Waals surface area contributed by atoms with E-state index in [2.05, 4.69) is 16.0 Å². The topological polar surface area (TPSA) is 114 Å². The molecule has 222 valence electrons. The lowest BCUT2D eigenvalue weighted by atomic mass is 9.95. The molecule has 41 heavy (non-hydrogen) atoms. The summed E-state index contributed by atoms with van der Waals surface area (Å²) < 4.78 is 0. The van der Waals surface area contributed by atoms with Gasteiger partial charge in [-0.05, 0) is 56.4 Å². The lowest BCUT2D eigenvalue weighted by molar-refractivity contribution is -0.123. The summed E-state index contributed by atoms with van der Waals surface area (Å²) in [5.41, 5.74) is 2.91. The number of hydrogen-bond donors (Lipinski definition) is 4. The molecule has 4 N–H and O–H groups in total. The van der Waals surface area contributed by atoms with Gasteiger partial charge in [0, 0.05) is 56.6 Å². The van der Waals surface area contributed by atoms with E-state index in [-0.39, 0.29) is 30.3 Å². The van der Waals surface area contributed by atoms with Crippen molar-refractivity contribution in [3.05, 3.63) is 59.7 Å². The number of nitrogens with zero attached hydrogens (tertiary/aromatic N) is 2. The number of hydrogen-bond acceptors (Lipinski definition) is 6. The number of carbonyl (C=O) groups is 3. The van der Waals surface area contributed by atoms with E-state index in [1.807, 2.05) is 55.4 Å². The van der Waals surface area contributed by atoms with Gasteiger partial charge in [0.15, 0.2) is 0 Å². The first-order valence-electron chi connectivity index (χ1n) is 14.9. The van der Waals surface area contributed by atoms with Crippen LogP contribution in [0.4, 0.5) is 11.4 Å². The molecule has 1 aliphatic carbocycles. The number of rotatable bonds is 12. The van der Waals surface area contributed by atoms with Gasteiger partial charge in [-0.1, -0.05) is 49.6 Å². The molecule has 1 saturated carbocycles. The number of benzene rings is 2. The number of carbonyl (C=O) groups excluding carboxylic acids is 3. The number of aliphatic hydroxyl groups is 1. The summed E-state index contributed by atoms with van der Waals surface area (Å²) in [5, 5.41) is 20.6. The van der Waals surface area contributed by atoms with E-state index in [0.29, 0.717) is 30.6 Å². The monoisotopic (exact) mass is 563 g/mol. The largest absolute Gasteiger partial charge is 0.390 e. The van der Waals surface area contributed by atoms with E-state index in [4.69, 9.17) is 0 Å². The summed E-state index contributed by atoms with van der Waals surface area (Å²) >= 11 is 0. The molecule has 2 fully saturated rings. The molecule has 9 heteroatoms. The van der Waals surface area contributed by atoms with Gasteiger partial charge in [0.05, 0.1) is 18.2 Å². The summed E-state index contributed by atoms with van der Waals surface area (Å²) in [5.74, 6) is -0.348. The van der Waals surface area contributed by atoms with Gasteiger partial charge in [0.1, 0.15) is 0 Å². The number of amides is 3. The van der Waals surface area contributed by atoms with E-state index in [9.17, 15) is 19.5 Å². The highest BCUT2D eigenvalue weighted by Gasteiger charge is 2.27. The van der Waals surface area contributed by atoms with Crippen LogP contribution in [0.25, 0.3) is 0 Å². The van der Waals surface area contributed by atoms with Crippen molar-refractivity contribution in [2.24, 2.45) is 0 Å². The molecular weight excluding hydrogens is 518 g/mol. The molecule has 1 heterocycles. The van der Waals surface area contributed by atoms with E-state index in [1.165, 1.54) is 6.42 Å². The number of nitrogens with one attached hydrogen (secondary N) is 3. The zero-order valence-corrected chi connectivity index (χ0v) is 24.6. The van der Waals surface area contributed by atoms with Gasteiger partial charge in [-0.15, -0.1) is 0 Å². The van der Waals surface area contributed by atoms with Crippen LogP contribution in [0.5, 0.6) is 0 Å². The van der Waals surface area contributed by atoms with E-state index < -0.39 is 18.2 Å². The Bertz CT molecular complexity index is 1180. The lowest BCUT2D eigenvalue weighted by Crippen LogP contribution is -2.53. The Morgan fingerprint density at radius 1 is 1.05 bits per heavy atom. The fourth-order valence-electron chi connectivity index (χ4n) is 5.57. The fraction of sp³-hybridized carbons (Fsp3) is 0.531. The maximum absolute atomic E-state index is 13.6. The molecule has 2 aromatic rings. The minimum atomic E-state index is -0.944. The van der Waals surface area contributed by atoms with E-state index in [0.717, 1.165) is 43.4 Å². The Kier molecular flexibility index (Phi) is 10.8. The summed E-state index contributed by atoms with van der Waals surface area (Å²) in [7, 11) is 3.79. The molecule has 4 rings (SSSR count). The second-order valence-corrected chi connectivity index (χ2v) is 11.6. The van der Waals surface area contributed by atoms with Gasteiger partial charge in [0.25, 0.3) is 5.91 Å². The molecule has 2 aromatic carbocycles. The zero-order chi connectivity index (χ0) is 29.4. The van der Waals surface area contributed by atoms with Crippen molar-refractivity contribution in [1.82, 2.24) is 16.0 Å². The van der Waals surface area contributed by atoms with E-state index in [1.54, 1.807) is 24.0 Å². The van der Waals surface area contributed by atoms with Crippen LogP contribution in [0.1, 0.15) is 67.8 Å². The molecule has 0 spiro atoms. The van der Waals surface area contributed by atoms with Crippen LogP contribution in [0, 0.1) is 0 Å². The molecule has 0 radical (unpaired) electrons.